The summed E-state index contributed by atoms with van der Waals surface area (Å²) in [5, 5.41) is 9.20. The van der Waals surface area contributed by atoms with Gasteiger partial charge in [0.2, 0.25) is 0 Å². The van der Waals surface area contributed by atoms with Gasteiger partial charge in [0.1, 0.15) is 0 Å². The number of aliphatic hydroxyl groups is 1. The van der Waals surface area contributed by atoms with Crippen molar-refractivity contribution in [2.24, 2.45) is 5.73 Å². The van der Waals surface area contributed by atoms with E-state index < -0.39 is 6.10 Å². The SMILES string of the molecule is Cc1cc(C(O)CN)c[nH]1. The van der Waals surface area contributed by atoms with Gasteiger partial charge in [0, 0.05) is 18.4 Å². The zero-order valence-corrected chi connectivity index (χ0v) is 5.96. The lowest BCUT2D eigenvalue weighted by Gasteiger charge is -2.02. The van der Waals surface area contributed by atoms with Crippen molar-refractivity contribution in [3.63, 3.8) is 0 Å². The molecule has 3 nitrogen and oxygen atoms in total. The normalized spacial score (nSPS) is 13.5. The van der Waals surface area contributed by atoms with E-state index in [2.05, 4.69) is 4.98 Å². The molecular weight excluding hydrogens is 128 g/mol. The van der Waals surface area contributed by atoms with Gasteiger partial charge in [-0.05, 0) is 18.6 Å². The fourth-order valence-electron chi connectivity index (χ4n) is 0.859. The van der Waals surface area contributed by atoms with Crippen LogP contribution in [0.2, 0.25) is 0 Å². The minimum absolute atomic E-state index is 0.275. The first-order valence-electron chi connectivity index (χ1n) is 3.27. The second-order valence-electron chi connectivity index (χ2n) is 2.37. The Labute approximate surface area is 59.9 Å². The van der Waals surface area contributed by atoms with Crippen LogP contribution in [0.5, 0.6) is 0 Å². The van der Waals surface area contributed by atoms with E-state index in [-0.39, 0.29) is 6.54 Å². The number of aliphatic hydroxyl groups excluding tert-OH is 1. The summed E-state index contributed by atoms with van der Waals surface area (Å²) in [6.07, 6.45) is 1.25. The van der Waals surface area contributed by atoms with Crippen molar-refractivity contribution in [1.82, 2.24) is 4.98 Å². The summed E-state index contributed by atoms with van der Waals surface area (Å²) in [7, 11) is 0. The molecular formula is C7H12N2O. The van der Waals surface area contributed by atoms with Gasteiger partial charge in [-0.15, -0.1) is 0 Å². The molecule has 0 aliphatic heterocycles. The average molecular weight is 140 g/mol. The van der Waals surface area contributed by atoms with Crippen LogP contribution in [0.1, 0.15) is 17.4 Å². The predicted molar refractivity (Wildman–Crippen MR) is 39.5 cm³/mol. The highest BCUT2D eigenvalue weighted by atomic mass is 16.3. The lowest BCUT2D eigenvalue weighted by atomic mass is 10.2. The zero-order chi connectivity index (χ0) is 7.56. The summed E-state index contributed by atoms with van der Waals surface area (Å²) in [6, 6.07) is 1.89. The van der Waals surface area contributed by atoms with Gasteiger partial charge in [-0.3, -0.25) is 0 Å². The number of hydrogen-bond acceptors (Lipinski definition) is 2. The van der Waals surface area contributed by atoms with Gasteiger partial charge < -0.3 is 15.8 Å². The van der Waals surface area contributed by atoms with E-state index in [0.717, 1.165) is 11.3 Å². The number of aromatic nitrogens is 1. The molecule has 10 heavy (non-hydrogen) atoms. The summed E-state index contributed by atoms with van der Waals surface area (Å²) in [5.41, 5.74) is 7.15. The second-order valence-corrected chi connectivity index (χ2v) is 2.37. The van der Waals surface area contributed by atoms with Crippen LogP contribution < -0.4 is 5.73 Å². The van der Waals surface area contributed by atoms with Crippen molar-refractivity contribution in [1.29, 1.82) is 0 Å². The molecule has 1 atom stereocenters. The predicted octanol–water partition coefficient (Wildman–Crippen LogP) is 0.315. The maximum absolute atomic E-state index is 9.20. The van der Waals surface area contributed by atoms with E-state index >= 15 is 0 Å². The number of aromatic amines is 1. The van der Waals surface area contributed by atoms with E-state index in [0.29, 0.717) is 0 Å². The van der Waals surface area contributed by atoms with Crippen LogP contribution >= 0.6 is 0 Å². The smallest absolute Gasteiger partial charge is 0.0926 e. The summed E-state index contributed by atoms with van der Waals surface area (Å²) in [4.78, 5) is 2.97. The molecule has 0 fully saturated rings. The van der Waals surface area contributed by atoms with E-state index in [1.54, 1.807) is 6.20 Å². The Hall–Kier alpha value is -0.800. The first kappa shape index (κ1) is 7.31. The van der Waals surface area contributed by atoms with E-state index in [4.69, 9.17) is 5.73 Å². The Kier molecular flexibility index (Phi) is 2.09. The van der Waals surface area contributed by atoms with Crippen molar-refractivity contribution in [2.75, 3.05) is 6.54 Å². The minimum Gasteiger partial charge on any atom is -0.387 e. The molecule has 0 bridgehead atoms. The van der Waals surface area contributed by atoms with Crippen LogP contribution in [0.3, 0.4) is 0 Å². The summed E-state index contributed by atoms with van der Waals surface area (Å²) in [5.74, 6) is 0. The van der Waals surface area contributed by atoms with Gasteiger partial charge in [0.15, 0.2) is 0 Å². The van der Waals surface area contributed by atoms with Crippen LogP contribution in [0, 0.1) is 6.92 Å². The van der Waals surface area contributed by atoms with Gasteiger partial charge in [0.25, 0.3) is 0 Å². The molecule has 3 heteroatoms. The molecule has 1 unspecified atom stereocenters. The van der Waals surface area contributed by atoms with Gasteiger partial charge in [-0.25, -0.2) is 0 Å². The quantitative estimate of drug-likeness (QED) is 0.553. The van der Waals surface area contributed by atoms with Crippen molar-refractivity contribution in [3.8, 4) is 0 Å². The highest BCUT2D eigenvalue weighted by Gasteiger charge is 2.04. The van der Waals surface area contributed by atoms with Gasteiger partial charge in [-0.1, -0.05) is 0 Å². The monoisotopic (exact) mass is 140 g/mol. The van der Waals surface area contributed by atoms with Crippen LogP contribution in [-0.4, -0.2) is 16.6 Å². The lowest BCUT2D eigenvalue weighted by molar-refractivity contribution is 0.187. The van der Waals surface area contributed by atoms with Gasteiger partial charge in [0.05, 0.1) is 6.10 Å². The Morgan fingerprint density at radius 3 is 2.90 bits per heavy atom. The molecule has 1 rings (SSSR count). The first-order valence-corrected chi connectivity index (χ1v) is 3.27. The molecule has 0 saturated carbocycles. The Morgan fingerprint density at radius 2 is 2.50 bits per heavy atom. The fraction of sp³-hybridized carbons (Fsp3) is 0.429. The first-order chi connectivity index (χ1) is 4.74. The summed E-state index contributed by atoms with van der Waals surface area (Å²) < 4.78 is 0. The molecule has 0 aliphatic carbocycles. The molecule has 56 valence electrons. The van der Waals surface area contributed by atoms with E-state index in [1.165, 1.54) is 0 Å². The number of H-pyrrole nitrogens is 1. The third-order valence-electron chi connectivity index (χ3n) is 1.46. The summed E-state index contributed by atoms with van der Waals surface area (Å²) >= 11 is 0. The number of hydrogen-bond donors (Lipinski definition) is 3. The fourth-order valence-corrected chi connectivity index (χ4v) is 0.859. The molecule has 0 saturated heterocycles. The van der Waals surface area contributed by atoms with Gasteiger partial charge in [-0.2, -0.15) is 0 Å². The van der Waals surface area contributed by atoms with Crippen LogP contribution in [0.4, 0.5) is 0 Å². The standard InChI is InChI=1S/C7H12N2O/c1-5-2-6(4-9-5)7(10)3-8/h2,4,7,9-10H,3,8H2,1H3. The maximum atomic E-state index is 9.20. The number of rotatable bonds is 2. The highest BCUT2D eigenvalue weighted by Crippen LogP contribution is 2.11. The second kappa shape index (κ2) is 2.86. The molecule has 1 aromatic heterocycles. The molecule has 0 aromatic carbocycles. The molecule has 0 radical (unpaired) electrons. The summed E-state index contributed by atoms with van der Waals surface area (Å²) in [6.45, 7) is 2.21. The van der Waals surface area contributed by atoms with Crippen molar-refractivity contribution >= 4 is 0 Å². The third kappa shape index (κ3) is 1.37. The lowest BCUT2D eigenvalue weighted by Crippen LogP contribution is -2.10. The average Bonchev–Trinajstić information content (AvgIpc) is 2.34. The molecule has 1 heterocycles. The third-order valence-corrected chi connectivity index (χ3v) is 1.46. The topological polar surface area (TPSA) is 62.0 Å². The van der Waals surface area contributed by atoms with Crippen LogP contribution in [-0.2, 0) is 0 Å². The van der Waals surface area contributed by atoms with E-state index in [9.17, 15) is 5.11 Å². The van der Waals surface area contributed by atoms with Crippen LogP contribution in [0.25, 0.3) is 0 Å². The number of aryl methyl sites for hydroxylation is 1. The van der Waals surface area contributed by atoms with Crippen molar-refractivity contribution in [2.45, 2.75) is 13.0 Å². The molecule has 0 spiro atoms. The number of nitrogens with one attached hydrogen (secondary N) is 1. The highest BCUT2D eigenvalue weighted by molar-refractivity contribution is 5.17. The van der Waals surface area contributed by atoms with Crippen molar-refractivity contribution < 1.29 is 5.11 Å². The molecule has 1 aromatic rings. The molecule has 4 N–H and O–H groups in total. The van der Waals surface area contributed by atoms with Gasteiger partial charge >= 0.3 is 0 Å². The molecule has 0 amide bonds. The number of nitrogens with two attached hydrogens (primary N) is 1. The van der Waals surface area contributed by atoms with Crippen LogP contribution in [0.15, 0.2) is 12.3 Å². The van der Waals surface area contributed by atoms with Crippen molar-refractivity contribution in [3.05, 3.63) is 23.5 Å². The molecule has 0 aliphatic rings. The Morgan fingerprint density at radius 1 is 1.80 bits per heavy atom. The Balaban J connectivity index is 2.74. The zero-order valence-electron chi connectivity index (χ0n) is 5.96. The largest absolute Gasteiger partial charge is 0.387 e. The maximum Gasteiger partial charge on any atom is 0.0926 e. The Bertz CT molecular complexity index is 207. The van der Waals surface area contributed by atoms with E-state index in [1.807, 2.05) is 13.0 Å². The minimum atomic E-state index is -0.523.